The summed E-state index contributed by atoms with van der Waals surface area (Å²) in [6.07, 6.45) is 18.0. The summed E-state index contributed by atoms with van der Waals surface area (Å²) in [6.45, 7) is 27.3. The van der Waals surface area contributed by atoms with Crippen LogP contribution in [-0.4, -0.2) is 22.2 Å². The largest absolute Gasteiger partial charge is 0.478 e. The van der Waals surface area contributed by atoms with E-state index in [1.54, 1.807) is 0 Å². The van der Waals surface area contributed by atoms with Gasteiger partial charge in [-0.25, -0.2) is 9.59 Å². The number of hydrogen-bond acceptors (Lipinski definition) is 2. The summed E-state index contributed by atoms with van der Waals surface area (Å²) in [4.78, 5) is 21.5. The fourth-order valence-corrected chi connectivity index (χ4v) is 8.93. The van der Waals surface area contributed by atoms with Crippen LogP contribution >= 0.6 is 0 Å². The minimum Gasteiger partial charge on any atom is -0.478 e. The molecule has 4 aliphatic carbocycles. The van der Waals surface area contributed by atoms with Crippen molar-refractivity contribution in [3.8, 4) is 0 Å². The minimum absolute atomic E-state index is 0.173. The third-order valence-electron chi connectivity index (χ3n) is 13.5. The Labute approximate surface area is 314 Å². The lowest BCUT2D eigenvalue weighted by Gasteiger charge is -2.42. The summed E-state index contributed by atoms with van der Waals surface area (Å²) in [5, 5.41) is 17.7. The molecule has 2 fully saturated rings. The van der Waals surface area contributed by atoms with Crippen molar-refractivity contribution in [1.29, 1.82) is 0 Å². The summed E-state index contributed by atoms with van der Waals surface area (Å²) < 4.78 is 0. The van der Waals surface area contributed by atoms with Crippen molar-refractivity contribution >= 4 is 11.9 Å². The maximum atomic E-state index is 10.8. The fraction of sp³-hybridized carbons (Fsp3) is 0.542. The number of carboxylic acid groups (broad SMARTS) is 2. The zero-order valence-electron chi connectivity index (χ0n) is 34.0. The molecule has 52 heavy (non-hydrogen) atoms. The van der Waals surface area contributed by atoms with Crippen molar-refractivity contribution in [2.45, 2.75) is 154 Å². The molecule has 2 N–H and O–H groups in total. The molecule has 4 aliphatic rings. The molecule has 6 rings (SSSR count). The molecule has 2 aromatic rings. The van der Waals surface area contributed by atoms with Crippen molar-refractivity contribution in [1.82, 2.24) is 0 Å². The van der Waals surface area contributed by atoms with Gasteiger partial charge < -0.3 is 10.2 Å². The molecule has 0 unspecified atom stereocenters. The van der Waals surface area contributed by atoms with E-state index in [-0.39, 0.29) is 32.5 Å². The first kappa shape index (κ1) is 39.5. The highest BCUT2D eigenvalue weighted by atomic mass is 16.4. The predicted molar refractivity (Wildman–Crippen MR) is 215 cm³/mol. The molecule has 0 amide bonds. The Morgan fingerprint density at radius 2 is 0.846 bits per heavy atom. The Morgan fingerprint density at radius 3 is 1.15 bits per heavy atom. The van der Waals surface area contributed by atoms with Crippen LogP contribution in [0.15, 0.2) is 84.0 Å². The maximum Gasteiger partial charge on any atom is 0.328 e. The van der Waals surface area contributed by atoms with Gasteiger partial charge in [-0.3, -0.25) is 0 Å². The van der Waals surface area contributed by atoms with Crippen LogP contribution in [0.4, 0.5) is 0 Å². The third kappa shape index (κ3) is 8.12. The van der Waals surface area contributed by atoms with E-state index in [1.165, 1.54) is 71.2 Å². The standard InChI is InChI=1S/2C24H32O2/c2*1-16(13-21(25)26)7-8-18-15-24(18,6)17-9-10-19-20(14-17)23(4,5)12-11-22(19,2)3/h2*7-10,13-14,18H,11-12,15H2,1-6H3,(H,25,26)/b2*8-7+,16-13+/t2*18-,24-/m10/s1. The molecule has 4 atom stereocenters. The van der Waals surface area contributed by atoms with Gasteiger partial charge >= 0.3 is 11.9 Å². The van der Waals surface area contributed by atoms with E-state index < -0.39 is 11.9 Å². The van der Waals surface area contributed by atoms with Gasteiger partial charge in [-0.15, -0.1) is 0 Å². The fourth-order valence-electron chi connectivity index (χ4n) is 8.93. The van der Waals surface area contributed by atoms with Gasteiger partial charge in [0.25, 0.3) is 0 Å². The lowest BCUT2D eigenvalue weighted by Crippen LogP contribution is -2.34. The monoisotopic (exact) mass is 704 g/mol. The van der Waals surface area contributed by atoms with Crippen LogP contribution in [0.3, 0.4) is 0 Å². The van der Waals surface area contributed by atoms with Crippen molar-refractivity contribution in [2.24, 2.45) is 11.8 Å². The highest BCUT2D eigenvalue weighted by Gasteiger charge is 2.51. The predicted octanol–water partition coefficient (Wildman–Crippen LogP) is 11.8. The molecular formula is C48H64O4. The van der Waals surface area contributed by atoms with Crippen LogP contribution in [0.5, 0.6) is 0 Å². The van der Waals surface area contributed by atoms with Crippen LogP contribution in [-0.2, 0) is 42.1 Å². The highest BCUT2D eigenvalue weighted by Crippen LogP contribution is 2.58. The van der Waals surface area contributed by atoms with E-state index in [1.807, 2.05) is 26.0 Å². The second kappa shape index (κ2) is 13.6. The minimum atomic E-state index is -0.884. The lowest BCUT2D eigenvalue weighted by molar-refractivity contribution is -0.132. The summed E-state index contributed by atoms with van der Waals surface area (Å²) in [6, 6.07) is 14.3. The number of allylic oxidation sites excluding steroid dienone is 6. The van der Waals surface area contributed by atoms with Gasteiger partial charge in [0.1, 0.15) is 0 Å². The van der Waals surface area contributed by atoms with E-state index in [4.69, 9.17) is 10.2 Å². The molecule has 4 nitrogen and oxygen atoms in total. The van der Waals surface area contributed by atoms with E-state index in [0.717, 1.165) is 24.0 Å². The van der Waals surface area contributed by atoms with E-state index in [0.29, 0.717) is 11.8 Å². The molecule has 0 saturated heterocycles. The topological polar surface area (TPSA) is 74.6 Å². The Hall–Kier alpha value is -3.66. The molecule has 0 bridgehead atoms. The molecule has 0 heterocycles. The molecule has 2 saturated carbocycles. The van der Waals surface area contributed by atoms with Gasteiger partial charge in [0.05, 0.1) is 0 Å². The Kier molecular flexibility index (Phi) is 10.4. The first-order valence-corrected chi connectivity index (χ1v) is 19.4. The van der Waals surface area contributed by atoms with E-state index in [9.17, 15) is 9.59 Å². The zero-order chi connectivity index (χ0) is 38.7. The van der Waals surface area contributed by atoms with Crippen molar-refractivity contribution < 1.29 is 19.8 Å². The SMILES string of the molecule is CC(/C=C/[C@@H]1C[C@]1(C)c1ccc2c(c1)C(C)(C)CCC2(C)C)=C\C(=O)O.CC(/C=C/[C@H]1C[C@@]1(C)c1ccc2c(c1)C(C)(C)CCC2(C)C)=C\C(=O)O. The number of carboxylic acids is 2. The van der Waals surface area contributed by atoms with E-state index in [2.05, 4.69) is 118 Å². The lowest BCUT2D eigenvalue weighted by atomic mass is 9.62. The van der Waals surface area contributed by atoms with Crippen molar-refractivity contribution in [3.05, 3.63) is 117 Å². The highest BCUT2D eigenvalue weighted by molar-refractivity contribution is 5.81. The van der Waals surface area contributed by atoms with Crippen LogP contribution in [0, 0.1) is 11.8 Å². The van der Waals surface area contributed by atoms with Crippen LogP contribution in [0.2, 0.25) is 0 Å². The molecule has 2 aromatic carbocycles. The number of carbonyl (C=O) groups is 2. The van der Waals surface area contributed by atoms with Crippen LogP contribution < -0.4 is 0 Å². The van der Waals surface area contributed by atoms with Gasteiger partial charge in [-0.1, -0.05) is 130 Å². The normalized spacial score (nSPS) is 29.5. The Morgan fingerprint density at radius 1 is 0.538 bits per heavy atom. The molecule has 4 heteroatoms. The average molecular weight is 705 g/mol. The molecule has 0 spiro atoms. The van der Waals surface area contributed by atoms with Gasteiger partial charge in [-0.2, -0.15) is 0 Å². The molecule has 280 valence electrons. The van der Waals surface area contributed by atoms with Crippen LogP contribution in [0.1, 0.15) is 155 Å². The number of fused-ring (bicyclic) bond motifs is 2. The Balaban J connectivity index is 0.000000201. The summed E-state index contributed by atoms with van der Waals surface area (Å²) >= 11 is 0. The summed E-state index contributed by atoms with van der Waals surface area (Å²) in [5.41, 5.74) is 11.8. The second-order valence-corrected chi connectivity index (χ2v) is 19.7. The van der Waals surface area contributed by atoms with Gasteiger partial charge in [-0.05, 0) is 141 Å². The van der Waals surface area contributed by atoms with E-state index >= 15 is 0 Å². The van der Waals surface area contributed by atoms with Gasteiger partial charge in [0.2, 0.25) is 0 Å². The van der Waals surface area contributed by atoms with Crippen molar-refractivity contribution in [2.75, 3.05) is 0 Å². The van der Waals surface area contributed by atoms with Gasteiger partial charge in [0, 0.05) is 12.2 Å². The number of aliphatic carboxylic acids is 2. The number of benzene rings is 2. The quantitative estimate of drug-likeness (QED) is 0.212. The molecule has 0 aromatic heterocycles. The third-order valence-corrected chi connectivity index (χ3v) is 13.5. The van der Waals surface area contributed by atoms with Crippen molar-refractivity contribution in [3.63, 3.8) is 0 Å². The first-order valence-electron chi connectivity index (χ1n) is 19.4. The smallest absolute Gasteiger partial charge is 0.328 e. The van der Waals surface area contributed by atoms with Gasteiger partial charge in [0.15, 0.2) is 0 Å². The number of rotatable bonds is 8. The maximum absolute atomic E-state index is 10.8. The zero-order valence-corrected chi connectivity index (χ0v) is 34.0. The first-order chi connectivity index (χ1) is 23.9. The number of hydrogen-bond donors (Lipinski definition) is 2. The molecular weight excluding hydrogens is 641 g/mol. The Bertz CT molecular complexity index is 1720. The summed E-state index contributed by atoms with van der Waals surface area (Å²) in [5.74, 6) is -0.801. The average Bonchev–Trinajstić information content (AvgIpc) is 3.93. The molecule has 0 radical (unpaired) electrons. The van der Waals surface area contributed by atoms with Crippen LogP contribution in [0.25, 0.3) is 0 Å². The summed E-state index contributed by atoms with van der Waals surface area (Å²) in [7, 11) is 0. The molecule has 0 aliphatic heterocycles. The second-order valence-electron chi connectivity index (χ2n) is 19.7.